The monoisotopic (exact) mass is 298 g/mol. The maximum Gasteiger partial charge on any atom is 0.159 e. The third-order valence-electron chi connectivity index (χ3n) is 3.91. The summed E-state index contributed by atoms with van der Waals surface area (Å²) in [6.45, 7) is 8.25. The zero-order valence-corrected chi connectivity index (χ0v) is 13.1. The quantitative estimate of drug-likeness (QED) is 0.911. The van der Waals surface area contributed by atoms with Gasteiger partial charge in [0.15, 0.2) is 5.82 Å². The predicted molar refractivity (Wildman–Crippen MR) is 88.3 cm³/mol. The van der Waals surface area contributed by atoms with Crippen LogP contribution in [-0.4, -0.2) is 41.3 Å². The van der Waals surface area contributed by atoms with Gasteiger partial charge in [0.05, 0.1) is 17.6 Å². The fourth-order valence-electron chi connectivity index (χ4n) is 2.75. The summed E-state index contributed by atoms with van der Waals surface area (Å²) in [5.41, 5.74) is 3.03. The lowest BCUT2D eigenvalue weighted by Crippen LogP contribution is -2.44. The molecule has 0 spiro atoms. The van der Waals surface area contributed by atoms with Crippen LogP contribution >= 0.6 is 0 Å². The number of piperazine rings is 1. The molecule has 1 aliphatic rings. The number of hydrogen-bond donors (Lipinski definition) is 2. The van der Waals surface area contributed by atoms with E-state index in [0.29, 0.717) is 11.7 Å². The summed E-state index contributed by atoms with van der Waals surface area (Å²) in [6, 6.07) is 7.09. The Hall–Kier alpha value is -2.14. The first-order chi connectivity index (χ1) is 10.6. The molecule has 1 aromatic carbocycles. The van der Waals surface area contributed by atoms with E-state index in [0.717, 1.165) is 43.1 Å². The number of phenolic OH excluding ortho intramolecular Hbond substituents is 1. The Balaban J connectivity index is 1.99. The fraction of sp³-hybridized carbons (Fsp3) is 0.412. The number of aromatic nitrogens is 2. The minimum atomic E-state index is 0.235. The molecule has 116 valence electrons. The van der Waals surface area contributed by atoms with Crippen LogP contribution in [-0.2, 0) is 0 Å². The number of anilines is 1. The highest BCUT2D eigenvalue weighted by atomic mass is 16.3. The van der Waals surface area contributed by atoms with Crippen LogP contribution in [0.4, 0.5) is 5.69 Å². The van der Waals surface area contributed by atoms with Crippen LogP contribution < -0.4 is 10.2 Å². The summed E-state index contributed by atoms with van der Waals surface area (Å²) in [6.07, 6.45) is 1.92. The molecule has 0 atom stereocenters. The van der Waals surface area contributed by atoms with Crippen LogP contribution in [0.1, 0.15) is 25.5 Å². The lowest BCUT2D eigenvalue weighted by Gasteiger charge is -2.31. The Morgan fingerprint density at radius 1 is 1.23 bits per heavy atom. The van der Waals surface area contributed by atoms with Crippen molar-refractivity contribution >= 4 is 5.69 Å². The van der Waals surface area contributed by atoms with Gasteiger partial charge < -0.3 is 15.3 Å². The molecule has 2 aromatic rings. The lowest BCUT2D eigenvalue weighted by atomic mass is 10.1. The molecule has 2 N–H and O–H groups in total. The highest BCUT2D eigenvalue weighted by Crippen LogP contribution is 2.28. The van der Waals surface area contributed by atoms with Crippen molar-refractivity contribution in [3.8, 4) is 17.1 Å². The van der Waals surface area contributed by atoms with Gasteiger partial charge >= 0.3 is 0 Å². The molecule has 0 bridgehead atoms. The van der Waals surface area contributed by atoms with E-state index in [1.807, 2.05) is 18.3 Å². The van der Waals surface area contributed by atoms with Gasteiger partial charge in [0, 0.05) is 31.7 Å². The minimum absolute atomic E-state index is 0.235. The van der Waals surface area contributed by atoms with E-state index >= 15 is 0 Å². The van der Waals surface area contributed by atoms with Gasteiger partial charge in [-0.15, -0.1) is 0 Å². The largest absolute Gasteiger partial charge is 0.508 e. The number of rotatable bonds is 3. The van der Waals surface area contributed by atoms with Crippen molar-refractivity contribution < 1.29 is 5.11 Å². The van der Waals surface area contributed by atoms with E-state index in [1.165, 1.54) is 0 Å². The first-order valence-electron chi connectivity index (χ1n) is 7.77. The van der Waals surface area contributed by atoms with Gasteiger partial charge in [-0.25, -0.2) is 9.97 Å². The van der Waals surface area contributed by atoms with Gasteiger partial charge in [-0.2, -0.15) is 0 Å². The van der Waals surface area contributed by atoms with Crippen LogP contribution in [0.3, 0.4) is 0 Å². The second-order valence-electron chi connectivity index (χ2n) is 5.91. The number of phenols is 1. The molecule has 0 aliphatic carbocycles. The summed E-state index contributed by atoms with van der Waals surface area (Å²) in [7, 11) is 0. The minimum Gasteiger partial charge on any atom is -0.508 e. The maximum absolute atomic E-state index is 9.64. The summed E-state index contributed by atoms with van der Waals surface area (Å²) >= 11 is 0. The first kappa shape index (κ1) is 14.8. The van der Waals surface area contributed by atoms with Gasteiger partial charge in [-0.05, 0) is 18.1 Å². The molecule has 0 saturated carbocycles. The molecule has 5 nitrogen and oxygen atoms in total. The van der Waals surface area contributed by atoms with Crippen molar-refractivity contribution in [2.75, 3.05) is 31.1 Å². The Morgan fingerprint density at radius 3 is 2.68 bits per heavy atom. The summed E-state index contributed by atoms with van der Waals surface area (Å²) in [4.78, 5) is 11.6. The van der Waals surface area contributed by atoms with Crippen LogP contribution in [0.2, 0.25) is 0 Å². The van der Waals surface area contributed by atoms with E-state index in [-0.39, 0.29) is 5.75 Å². The molecular formula is C17H22N4O. The molecule has 0 unspecified atom stereocenters. The SMILES string of the molecule is CC(C)c1nc(-c2cccc(O)c2)ncc1N1CCNCC1. The average Bonchev–Trinajstić information content (AvgIpc) is 2.55. The molecule has 1 fully saturated rings. The molecule has 1 saturated heterocycles. The van der Waals surface area contributed by atoms with Crippen molar-refractivity contribution in [3.05, 3.63) is 36.2 Å². The zero-order valence-electron chi connectivity index (χ0n) is 13.1. The summed E-state index contributed by atoms with van der Waals surface area (Å²) in [5.74, 6) is 1.22. The lowest BCUT2D eigenvalue weighted by molar-refractivity contribution is 0.475. The van der Waals surface area contributed by atoms with Crippen LogP contribution in [0.15, 0.2) is 30.5 Å². The van der Waals surface area contributed by atoms with Crippen molar-refractivity contribution in [2.45, 2.75) is 19.8 Å². The molecule has 22 heavy (non-hydrogen) atoms. The maximum atomic E-state index is 9.64. The summed E-state index contributed by atoms with van der Waals surface area (Å²) in [5, 5.41) is 13.0. The number of hydrogen-bond acceptors (Lipinski definition) is 5. The Kier molecular flexibility index (Phi) is 4.24. The third kappa shape index (κ3) is 3.04. The van der Waals surface area contributed by atoms with Gasteiger partial charge in [-0.1, -0.05) is 26.0 Å². The van der Waals surface area contributed by atoms with Crippen molar-refractivity contribution in [2.24, 2.45) is 0 Å². The topological polar surface area (TPSA) is 61.3 Å². The average molecular weight is 298 g/mol. The van der Waals surface area contributed by atoms with E-state index in [2.05, 4.69) is 29.0 Å². The fourth-order valence-corrected chi connectivity index (χ4v) is 2.75. The molecular weight excluding hydrogens is 276 g/mol. The van der Waals surface area contributed by atoms with Gasteiger partial charge in [-0.3, -0.25) is 0 Å². The van der Waals surface area contributed by atoms with E-state index < -0.39 is 0 Å². The number of benzene rings is 1. The normalized spacial score (nSPS) is 15.3. The first-order valence-corrected chi connectivity index (χ1v) is 7.77. The molecule has 1 aromatic heterocycles. The molecule has 2 heterocycles. The number of aromatic hydroxyl groups is 1. The second kappa shape index (κ2) is 6.32. The standard InChI is InChI=1S/C17H22N4O/c1-12(2)16-15(21-8-6-18-7-9-21)11-19-17(20-16)13-4-3-5-14(22)10-13/h3-5,10-12,18,22H,6-9H2,1-2H3. The van der Waals surface area contributed by atoms with Gasteiger partial charge in [0.25, 0.3) is 0 Å². The van der Waals surface area contributed by atoms with Gasteiger partial charge in [0.2, 0.25) is 0 Å². The van der Waals surface area contributed by atoms with Crippen LogP contribution in [0, 0.1) is 0 Å². The van der Waals surface area contributed by atoms with Crippen molar-refractivity contribution in [1.82, 2.24) is 15.3 Å². The van der Waals surface area contributed by atoms with E-state index in [4.69, 9.17) is 4.98 Å². The van der Waals surface area contributed by atoms with Gasteiger partial charge in [0.1, 0.15) is 5.75 Å². The smallest absolute Gasteiger partial charge is 0.159 e. The molecule has 3 rings (SSSR count). The Labute approximate surface area is 131 Å². The number of nitrogens with one attached hydrogen (secondary N) is 1. The molecule has 0 radical (unpaired) electrons. The van der Waals surface area contributed by atoms with Crippen molar-refractivity contribution in [3.63, 3.8) is 0 Å². The third-order valence-corrected chi connectivity index (χ3v) is 3.91. The highest BCUT2D eigenvalue weighted by molar-refractivity contribution is 5.61. The van der Waals surface area contributed by atoms with E-state index in [9.17, 15) is 5.11 Å². The predicted octanol–water partition coefficient (Wildman–Crippen LogP) is 2.38. The Morgan fingerprint density at radius 2 is 2.00 bits per heavy atom. The zero-order chi connectivity index (χ0) is 15.5. The van der Waals surface area contributed by atoms with Crippen molar-refractivity contribution in [1.29, 1.82) is 0 Å². The van der Waals surface area contributed by atoms with Crippen LogP contribution in [0.25, 0.3) is 11.4 Å². The van der Waals surface area contributed by atoms with E-state index in [1.54, 1.807) is 12.1 Å². The highest BCUT2D eigenvalue weighted by Gasteiger charge is 2.18. The molecule has 0 amide bonds. The Bertz CT molecular complexity index is 651. The molecule has 1 aliphatic heterocycles. The van der Waals surface area contributed by atoms with Crippen LogP contribution in [0.5, 0.6) is 5.75 Å². The second-order valence-corrected chi connectivity index (χ2v) is 5.91. The summed E-state index contributed by atoms with van der Waals surface area (Å²) < 4.78 is 0. The molecule has 5 heteroatoms. The number of nitrogens with zero attached hydrogens (tertiary/aromatic N) is 3.